The molecule has 32 heavy (non-hydrogen) atoms. The molecule has 1 fully saturated rings. The molecule has 3 rings (SSSR count). The summed E-state index contributed by atoms with van der Waals surface area (Å²) in [7, 11) is 0. The van der Waals surface area contributed by atoms with Gasteiger partial charge in [0.1, 0.15) is 0 Å². The van der Waals surface area contributed by atoms with E-state index in [1.54, 1.807) is 0 Å². The van der Waals surface area contributed by atoms with Crippen molar-refractivity contribution in [2.75, 3.05) is 6.61 Å². The molecule has 2 aromatic rings. The smallest absolute Gasteiger partial charge is 0.316 e. The number of alkyl halides is 2. The Morgan fingerprint density at radius 2 is 1.47 bits per heavy atom. The molecule has 1 aliphatic carbocycles. The van der Waals surface area contributed by atoms with Gasteiger partial charge in [-0.1, -0.05) is 72.8 Å². The van der Waals surface area contributed by atoms with Crippen LogP contribution in [0.2, 0.25) is 0 Å². The zero-order chi connectivity index (χ0) is 22.8. The summed E-state index contributed by atoms with van der Waals surface area (Å²) in [6, 6.07) is 14.9. The van der Waals surface area contributed by atoms with E-state index in [1.807, 2.05) is 31.2 Å². The summed E-state index contributed by atoms with van der Waals surface area (Å²) in [6.45, 7) is 4.07. The lowest BCUT2D eigenvalue weighted by Crippen LogP contribution is -2.20. The van der Waals surface area contributed by atoms with Gasteiger partial charge in [0.05, 0.1) is 12.2 Å². The summed E-state index contributed by atoms with van der Waals surface area (Å²) in [5.41, 5.74) is 3.37. The van der Waals surface area contributed by atoms with Crippen LogP contribution in [-0.2, 0) is 23.7 Å². The molecule has 1 aliphatic rings. The molecule has 3 heteroatoms. The molecule has 2 aromatic carbocycles. The van der Waals surface area contributed by atoms with Gasteiger partial charge in [-0.3, -0.25) is 0 Å². The molecule has 0 N–H and O–H groups in total. The molecule has 0 radical (unpaired) electrons. The lowest BCUT2D eigenvalue weighted by atomic mass is 9.78. The average molecular weight is 439 g/mol. The second kappa shape index (κ2) is 12.1. The van der Waals surface area contributed by atoms with Crippen molar-refractivity contribution in [3.8, 4) is 0 Å². The van der Waals surface area contributed by atoms with Crippen LogP contribution in [0.3, 0.4) is 0 Å². The van der Waals surface area contributed by atoms with Crippen molar-refractivity contribution >= 4 is 0 Å². The van der Waals surface area contributed by atoms with Crippen LogP contribution in [0.1, 0.15) is 74.1 Å². The number of hydrogen-bond acceptors (Lipinski definition) is 1. The zero-order valence-electron chi connectivity index (χ0n) is 19.4. The Morgan fingerprint density at radius 1 is 0.844 bits per heavy atom. The third-order valence-corrected chi connectivity index (χ3v) is 6.49. The summed E-state index contributed by atoms with van der Waals surface area (Å²) in [5, 5.41) is 0. The van der Waals surface area contributed by atoms with Gasteiger partial charge in [-0.25, -0.2) is 0 Å². The van der Waals surface area contributed by atoms with E-state index in [0.29, 0.717) is 18.3 Å². The van der Waals surface area contributed by atoms with Crippen molar-refractivity contribution in [2.45, 2.75) is 70.8 Å². The molecule has 0 saturated heterocycles. The second-order valence-electron chi connectivity index (χ2n) is 8.80. The topological polar surface area (TPSA) is 9.23 Å². The highest BCUT2D eigenvalue weighted by molar-refractivity contribution is 5.28. The van der Waals surface area contributed by atoms with Crippen LogP contribution in [0, 0.1) is 5.92 Å². The largest absolute Gasteiger partial charge is 0.383 e. The first kappa shape index (κ1) is 24.4. The lowest BCUT2D eigenvalue weighted by Gasteiger charge is -2.27. The van der Waals surface area contributed by atoms with Gasteiger partial charge in [0, 0.05) is 0 Å². The Labute approximate surface area is 192 Å². The Bertz CT molecular complexity index is 857. The Kier molecular flexibility index (Phi) is 9.23. The summed E-state index contributed by atoms with van der Waals surface area (Å²) >= 11 is 0. The minimum Gasteiger partial charge on any atom is -0.316 e. The SMILES string of the molecule is CC=CCCc1ccc(CCOC(F)(F)c2ccc(C3CCC(C=CC)CC3)cc2)cc1. The minimum absolute atomic E-state index is 0.0123. The summed E-state index contributed by atoms with van der Waals surface area (Å²) in [4.78, 5) is 0. The van der Waals surface area contributed by atoms with Crippen LogP contribution in [-0.4, -0.2) is 6.61 Å². The van der Waals surface area contributed by atoms with E-state index in [4.69, 9.17) is 4.74 Å². The standard InChI is InChI=1S/C29H36F2O/c1-3-5-6-8-24-9-11-25(12-10-24)21-22-32-29(30,31)28-19-17-27(18-20-28)26-15-13-23(7-4-2)14-16-26/h3-5,7,9-12,17-20,23,26H,6,8,13-16,21-22H2,1-2H3. The van der Waals surface area contributed by atoms with Crippen molar-refractivity contribution in [2.24, 2.45) is 5.92 Å². The number of ether oxygens (including phenoxy) is 1. The quantitative estimate of drug-likeness (QED) is 0.339. The molecule has 1 nitrogen and oxygen atoms in total. The minimum atomic E-state index is -3.27. The van der Waals surface area contributed by atoms with Gasteiger partial charge in [-0.05, 0) is 87.3 Å². The maximum absolute atomic E-state index is 14.6. The van der Waals surface area contributed by atoms with Crippen molar-refractivity contribution < 1.29 is 13.5 Å². The maximum Gasteiger partial charge on any atom is 0.383 e. The third kappa shape index (κ3) is 7.13. The van der Waals surface area contributed by atoms with Crippen LogP contribution in [0.15, 0.2) is 72.8 Å². The number of hydrogen-bond donors (Lipinski definition) is 0. The first-order valence-electron chi connectivity index (χ1n) is 12.0. The highest BCUT2D eigenvalue weighted by Gasteiger charge is 2.33. The van der Waals surface area contributed by atoms with Crippen molar-refractivity contribution in [1.82, 2.24) is 0 Å². The highest BCUT2D eigenvalue weighted by atomic mass is 19.3. The fraction of sp³-hybridized carbons (Fsp3) is 0.448. The van der Waals surface area contributed by atoms with Crippen molar-refractivity contribution in [3.05, 3.63) is 95.1 Å². The monoisotopic (exact) mass is 438 g/mol. The fourth-order valence-electron chi connectivity index (χ4n) is 4.54. The number of halogens is 2. The third-order valence-electron chi connectivity index (χ3n) is 6.49. The Balaban J connectivity index is 1.48. The molecular formula is C29H36F2O. The van der Waals surface area contributed by atoms with E-state index in [2.05, 4.69) is 43.4 Å². The second-order valence-corrected chi connectivity index (χ2v) is 8.80. The van der Waals surface area contributed by atoms with Gasteiger partial charge >= 0.3 is 6.11 Å². The van der Waals surface area contributed by atoms with Crippen LogP contribution >= 0.6 is 0 Å². The van der Waals surface area contributed by atoms with E-state index in [0.717, 1.165) is 36.8 Å². The number of aryl methyl sites for hydroxylation is 1. The van der Waals surface area contributed by atoms with Gasteiger partial charge in [0.15, 0.2) is 0 Å². The molecule has 1 saturated carbocycles. The Hall–Kier alpha value is -2.26. The van der Waals surface area contributed by atoms with Crippen molar-refractivity contribution in [3.63, 3.8) is 0 Å². The molecule has 0 atom stereocenters. The summed E-state index contributed by atoms with van der Waals surface area (Å²) < 4.78 is 34.1. The Morgan fingerprint density at radius 3 is 2.06 bits per heavy atom. The van der Waals surface area contributed by atoms with Gasteiger partial charge < -0.3 is 4.74 Å². The zero-order valence-corrected chi connectivity index (χ0v) is 19.4. The predicted octanol–water partition coefficient (Wildman–Crippen LogP) is 8.35. The highest BCUT2D eigenvalue weighted by Crippen LogP contribution is 2.37. The van der Waals surface area contributed by atoms with Gasteiger partial charge in [-0.2, -0.15) is 8.78 Å². The molecule has 0 aromatic heterocycles. The van der Waals surface area contributed by atoms with Gasteiger partial charge in [0.25, 0.3) is 0 Å². The molecule has 0 amide bonds. The average Bonchev–Trinajstić information content (AvgIpc) is 2.81. The molecule has 0 bridgehead atoms. The van der Waals surface area contributed by atoms with Gasteiger partial charge in [0.2, 0.25) is 0 Å². The molecular weight excluding hydrogens is 402 g/mol. The fourth-order valence-corrected chi connectivity index (χ4v) is 4.54. The van der Waals surface area contributed by atoms with Crippen LogP contribution < -0.4 is 0 Å². The van der Waals surface area contributed by atoms with E-state index < -0.39 is 6.11 Å². The molecule has 0 spiro atoms. The van der Waals surface area contributed by atoms with E-state index >= 15 is 0 Å². The normalized spacial score (nSPS) is 19.8. The first-order chi connectivity index (χ1) is 15.5. The lowest BCUT2D eigenvalue weighted by molar-refractivity contribution is -0.248. The summed E-state index contributed by atoms with van der Waals surface area (Å²) in [5.74, 6) is 1.14. The molecule has 172 valence electrons. The number of allylic oxidation sites excluding steroid dienone is 4. The summed E-state index contributed by atoms with van der Waals surface area (Å²) in [6.07, 6.45) is 12.4. The van der Waals surface area contributed by atoms with Crippen LogP contribution in [0.25, 0.3) is 0 Å². The van der Waals surface area contributed by atoms with Crippen molar-refractivity contribution in [1.29, 1.82) is 0 Å². The molecule has 0 aliphatic heterocycles. The number of rotatable bonds is 10. The maximum atomic E-state index is 14.6. The van der Waals surface area contributed by atoms with E-state index in [1.165, 1.54) is 30.5 Å². The van der Waals surface area contributed by atoms with Crippen LogP contribution in [0.5, 0.6) is 0 Å². The van der Waals surface area contributed by atoms with E-state index in [-0.39, 0.29) is 12.2 Å². The first-order valence-corrected chi connectivity index (χ1v) is 12.0. The van der Waals surface area contributed by atoms with Crippen LogP contribution in [0.4, 0.5) is 8.78 Å². The van der Waals surface area contributed by atoms with Gasteiger partial charge in [-0.15, -0.1) is 0 Å². The molecule has 0 unspecified atom stereocenters. The van der Waals surface area contributed by atoms with E-state index in [9.17, 15) is 8.78 Å². The predicted molar refractivity (Wildman–Crippen MR) is 129 cm³/mol. The molecule has 0 heterocycles. The number of benzene rings is 2.